The summed E-state index contributed by atoms with van der Waals surface area (Å²) in [5.74, 6) is -0.749. The van der Waals surface area contributed by atoms with Crippen LogP contribution in [0.1, 0.15) is 6.92 Å². The molecule has 1 N–H and O–H groups in total. The SMILES string of the molecule is CC(=O)NCC1CN(c2ccc(-c3ncno3)c(F)c2)C(=O)O1. The van der Waals surface area contributed by atoms with Gasteiger partial charge in [-0.3, -0.25) is 9.69 Å². The van der Waals surface area contributed by atoms with E-state index < -0.39 is 18.0 Å². The molecule has 2 heterocycles. The fraction of sp³-hybridized carbons (Fsp3) is 0.286. The molecule has 2 amide bonds. The summed E-state index contributed by atoms with van der Waals surface area (Å²) in [5.41, 5.74) is 0.495. The minimum absolute atomic E-state index is 0.0570. The molecule has 0 aliphatic carbocycles. The molecule has 0 bridgehead atoms. The minimum Gasteiger partial charge on any atom is -0.442 e. The normalized spacial score (nSPS) is 17.2. The number of aromatic nitrogens is 2. The van der Waals surface area contributed by atoms with Gasteiger partial charge in [0.15, 0.2) is 6.33 Å². The summed E-state index contributed by atoms with van der Waals surface area (Å²) in [4.78, 5) is 27.9. The van der Waals surface area contributed by atoms with E-state index in [0.717, 1.165) is 0 Å². The van der Waals surface area contributed by atoms with Crippen LogP contribution in [-0.4, -0.2) is 41.3 Å². The van der Waals surface area contributed by atoms with E-state index in [2.05, 4.69) is 15.5 Å². The van der Waals surface area contributed by atoms with E-state index in [1.165, 1.54) is 30.3 Å². The topological polar surface area (TPSA) is 97.6 Å². The number of amides is 2. The number of carbonyl (C=O) groups excluding carboxylic acids is 2. The quantitative estimate of drug-likeness (QED) is 0.913. The number of hydrogen-bond donors (Lipinski definition) is 1. The molecule has 1 aromatic heterocycles. The number of nitrogens with one attached hydrogen (secondary N) is 1. The highest BCUT2D eigenvalue weighted by molar-refractivity contribution is 5.90. The lowest BCUT2D eigenvalue weighted by molar-refractivity contribution is -0.119. The van der Waals surface area contributed by atoms with E-state index in [1.54, 1.807) is 6.07 Å². The van der Waals surface area contributed by atoms with Crippen molar-refractivity contribution >= 4 is 17.7 Å². The maximum absolute atomic E-state index is 14.2. The summed E-state index contributed by atoms with van der Waals surface area (Å²) in [6.45, 7) is 1.80. The zero-order chi connectivity index (χ0) is 16.4. The third-order valence-corrected chi connectivity index (χ3v) is 3.31. The number of ether oxygens (including phenoxy) is 1. The number of halogens is 1. The zero-order valence-electron chi connectivity index (χ0n) is 12.2. The summed E-state index contributed by atoms with van der Waals surface area (Å²) in [6, 6.07) is 4.21. The van der Waals surface area contributed by atoms with Crippen LogP contribution in [0, 0.1) is 5.82 Å². The Morgan fingerprint density at radius 2 is 2.35 bits per heavy atom. The summed E-state index contributed by atoms with van der Waals surface area (Å²) >= 11 is 0. The zero-order valence-corrected chi connectivity index (χ0v) is 12.2. The van der Waals surface area contributed by atoms with Crippen LogP contribution in [0.3, 0.4) is 0 Å². The molecule has 8 nitrogen and oxygen atoms in total. The van der Waals surface area contributed by atoms with Crippen LogP contribution in [0.25, 0.3) is 11.5 Å². The van der Waals surface area contributed by atoms with Gasteiger partial charge >= 0.3 is 6.09 Å². The second-order valence-corrected chi connectivity index (χ2v) is 4.96. The maximum atomic E-state index is 14.2. The fourth-order valence-electron chi connectivity index (χ4n) is 2.23. The van der Waals surface area contributed by atoms with Crippen molar-refractivity contribution in [2.24, 2.45) is 0 Å². The lowest BCUT2D eigenvalue weighted by atomic mass is 10.1. The van der Waals surface area contributed by atoms with Crippen LogP contribution >= 0.6 is 0 Å². The molecule has 0 spiro atoms. The molecule has 1 aromatic carbocycles. The monoisotopic (exact) mass is 320 g/mol. The molecule has 9 heteroatoms. The van der Waals surface area contributed by atoms with Crippen LogP contribution in [0.4, 0.5) is 14.9 Å². The first-order chi connectivity index (χ1) is 11.0. The average Bonchev–Trinajstić information content (AvgIpc) is 3.14. The number of nitrogens with zero attached hydrogens (tertiary/aromatic N) is 3. The van der Waals surface area contributed by atoms with Gasteiger partial charge in [-0.15, -0.1) is 0 Å². The molecule has 1 saturated heterocycles. The molecule has 1 fully saturated rings. The first kappa shape index (κ1) is 14.9. The van der Waals surface area contributed by atoms with Gasteiger partial charge in [-0.05, 0) is 18.2 Å². The van der Waals surface area contributed by atoms with Gasteiger partial charge in [-0.25, -0.2) is 9.18 Å². The van der Waals surface area contributed by atoms with E-state index in [4.69, 9.17) is 9.26 Å². The standard InChI is InChI=1S/C14H13FN4O4/c1-8(20)16-5-10-6-19(14(21)22-10)9-2-3-11(12(15)4-9)13-17-7-18-23-13/h2-4,7,10H,5-6H2,1H3,(H,16,20). The van der Waals surface area contributed by atoms with Crippen LogP contribution < -0.4 is 10.2 Å². The minimum atomic E-state index is -0.593. The van der Waals surface area contributed by atoms with Gasteiger partial charge in [0.05, 0.1) is 24.3 Å². The molecule has 1 aliphatic rings. The summed E-state index contributed by atoms with van der Waals surface area (Å²) < 4.78 is 24.1. The molecule has 1 atom stereocenters. The smallest absolute Gasteiger partial charge is 0.414 e. The third-order valence-electron chi connectivity index (χ3n) is 3.31. The Morgan fingerprint density at radius 1 is 1.52 bits per heavy atom. The van der Waals surface area contributed by atoms with Crippen LogP contribution in [0.15, 0.2) is 29.0 Å². The van der Waals surface area contributed by atoms with Crippen molar-refractivity contribution in [3.63, 3.8) is 0 Å². The highest BCUT2D eigenvalue weighted by atomic mass is 19.1. The van der Waals surface area contributed by atoms with Gasteiger partial charge in [-0.2, -0.15) is 4.98 Å². The number of carbonyl (C=O) groups is 2. The molecule has 1 unspecified atom stereocenters. The first-order valence-corrected chi connectivity index (χ1v) is 6.84. The molecule has 0 saturated carbocycles. The Hall–Kier alpha value is -2.97. The second-order valence-electron chi connectivity index (χ2n) is 4.96. The highest BCUT2D eigenvalue weighted by Crippen LogP contribution is 2.27. The van der Waals surface area contributed by atoms with Crippen molar-refractivity contribution < 1.29 is 23.2 Å². The molecule has 3 rings (SSSR count). The van der Waals surface area contributed by atoms with E-state index in [-0.39, 0.29) is 30.5 Å². The Balaban J connectivity index is 1.76. The molecule has 23 heavy (non-hydrogen) atoms. The third kappa shape index (κ3) is 3.12. The van der Waals surface area contributed by atoms with Crippen molar-refractivity contribution in [1.29, 1.82) is 0 Å². The summed E-state index contributed by atoms with van der Waals surface area (Å²) in [6.07, 6.45) is 0.100. The number of anilines is 1. The second kappa shape index (κ2) is 6.03. The molecular weight excluding hydrogens is 307 g/mol. The van der Waals surface area contributed by atoms with Gasteiger partial charge in [0.2, 0.25) is 5.91 Å². The Labute approximate surface area is 130 Å². The molecule has 2 aromatic rings. The van der Waals surface area contributed by atoms with Crippen LogP contribution in [-0.2, 0) is 9.53 Å². The summed E-state index contributed by atoms with van der Waals surface area (Å²) in [7, 11) is 0. The number of benzene rings is 1. The Kier molecular flexibility index (Phi) is 3.92. The Bertz CT molecular complexity index is 734. The van der Waals surface area contributed by atoms with Crippen molar-refractivity contribution in [3.8, 4) is 11.5 Å². The van der Waals surface area contributed by atoms with Crippen molar-refractivity contribution in [2.75, 3.05) is 18.0 Å². The van der Waals surface area contributed by atoms with E-state index in [1.807, 2.05) is 0 Å². The Morgan fingerprint density at radius 3 is 3.00 bits per heavy atom. The summed E-state index contributed by atoms with van der Waals surface area (Å²) in [5, 5.41) is 6.00. The largest absolute Gasteiger partial charge is 0.442 e. The molecular formula is C14H13FN4O4. The van der Waals surface area contributed by atoms with Gasteiger partial charge in [0.1, 0.15) is 11.9 Å². The predicted octanol–water partition coefficient (Wildman–Crippen LogP) is 1.34. The molecule has 0 radical (unpaired) electrons. The van der Waals surface area contributed by atoms with Gasteiger partial charge in [-0.1, -0.05) is 5.16 Å². The predicted molar refractivity (Wildman–Crippen MR) is 76.0 cm³/mol. The lowest BCUT2D eigenvalue weighted by Crippen LogP contribution is -2.33. The number of rotatable bonds is 4. The van der Waals surface area contributed by atoms with Crippen molar-refractivity contribution in [1.82, 2.24) is 15.5 Å². The fourth-order valence-corrected chi connectivity index (χ4v) is 2.23. The van der Waals surface area contributed by atoms with Gasteiger partial charge < -0.3 is 14.6 Å². The average molecular weight is 320 g/mol. The maximum Gasteiger partial charge on any atom is 0.414 e. The number of cyclic esters (lactones) is 1. The van der Waals surface area contributed by atoms with E-state index in [9.17, 15) is 14.0 Å². The van der Waals surface area contributed by atoms with Crippen molar-refractivity contribution in [2.45, 2.75) is 13.0 Å². The highest BCUT2D eigenvalue weighted by Gasteiger charge is 2.32. The van der Waals surface area contributed by atoms with E-state index in [0.29, 0.717) is 5.69 Å². The van der Waals surface area contributed by atoms with Crippen LogP contribution in [0.2, 0.25) is 0 Å². The van der Waals surface area contributed by atoms with Crippen LogP contribution in [0.5, 0.6) is 0 Å². The first-order valence-electron chi connectivity index (χ1n) is 6.84. The molecule has 1 aliphatic heterocycles. The number of hydrogen-bond acceptors (Lipinski definition) is 6. The van der Waals surface area contributed by atoms with Gasteiger partial charge in [0.25, 0.3) is 5.89 Å². The van der Waals surface area contributed by atoms with Crippen molar-refractivity contribution in [3.05, 3.63) is 30.3 Å². The lowest BCUT2D eigenvalue weighted by Gasteiger charge is -2.13. The van der Waals surface area contributed by atoms with Gasteiger partial charge in [0, 0.05) is 6.92 Å². The van der Waals surface area contributed by atoms with E-state index >= 15 is 0 Å². The molecule has 120 valence electrons.